The molecule has 0 unspecified atom stereocenters. The van der Waals surface area contributed by atoms with Crippen LogP contribution in [0, 0.1) is 11.8 Å². The van der Waals surface area contributed by atoms with E-state index in [9.17, 15) is 0 Å². The number of aliphatic imine (C=N–C) groups is 2. The molecule has 198 valence electrons. The molecule has 0 aromatic heterocycles. The molecule has 3 rings (SSSR count). The fraction of sp³-hybridized carbons (Fsp3) is 0.812. The van der Waals surface area contributed by atoms with Gasteiger partial charge < -0.3 is 0 Å². The van der Waals surface area contributed by atoms with E-state index in [1.54, 1.807) is 0 Å². The standard InChI is InChI=1S/C32H54N2S/c1-2-22-30(28-23-18-14-10-8-5-9-11-15-19-24-28)33-31-27-35-32(34-31)29-25-20-16-12-6-3-4-7-13-17-21-26-29/h2,22,28-29H,1,3-21,23-27H2/b30-22-,33-31+. The molecule has 0 saturated heterocycles. The Bertz CT molecular complexity index is 651. The number of thioether (sulfide) groups is 1. The molecule has 2 saturated carbocycles. The molecule has 3 heteroatoms. The van der Waals surface area contributed by atoms with Crippen LogP contribution in [0.5, 0.6) is 0 Å². The van der Waals surface area contributed by atoms with Gasteiger partial charge in [-0.25, -0.2) is 9.98 Å². The van der Waals surface area contributed by atoms with Gasteiger partial charge in [0.15, 0.2) is 0 Å². The lowest BCUT2D eigenvalue weighted by Gasteiger charge is -2.19. The lowest BCUT2D eigenvalue weighted by atomic mass is 9.90. The first kappa shape index (κ1) is 28.7. The van der Waals surface area contributed by atoms with Crippen molar-refractivity contribution >= 4 is 22.6 Å². The molecule has 0 spiro atoms. The van der Waals surface area contributed by atoms with Gasteiger partial charge in [0.2, 0.25) is 0 Å². The van der Waals surface area contributed by atoms with Crippen LogP contribution >= 0.6 is 11.8 Å². The molecule has 0 atom stereocenters. The van der Waals surface area contributed by atoms with E-state index in [0.29, 0.717) is 11.8 Å². The first-order valence-corrected chi connectivity index (χ1v) is 16.5. The Morgan fingerprint density at radius 2 is 1.09 bits per heavy atom. The number of hydrogen-bond donors (Lipinski definition) is 0. The topological polar surface area (TPSA) is 24.7 Å². The van der Waals surface area contributed by atoms with E-state index in [1.807, 2.05) is 17.8 Å². The summed E-state index contributed by atoms with van der Waals surface area (Å²) >= 11 is 1.99. The van der Waals surface area contributed by atoms with Crippen molar-refractivity contribution in [2.45, 2.75) is 148 Å². The maximum atomic E-state index is 5.22. The molecule has 35 heavy (non-hydrogen) atoms. The normalized spacial score (nSPS) is 26.0. The summed E-state index contributed by atoms with van der Waals surface area (Å²) in [4.78, 5) is 10.4. The van der Waals surface area contributed by atoms with Crippen LogP contribution in [0.25, 0.3) is 0 Å². The minimum absolute atomic E-state index is 0.578. The van der Waals surface area contributed by atoms with Gasteiger partial charge in [0.25, 0.3) is 0 Å². The summed E-state index contributed by atoms with van der Waals surface area (Å²) in [6, 6.07) is 0. The Morgan fingerprint density at radius 3 is 1.54 bits per heavy atom. The second-order valence-corrected chi connectivity index (χ2v) is 12.4. The Hall–Kier alpha value is -0.830. The predicted octanol–water partition coefficient (Wildman–Crippen LogP) is 10.8. The lowest BCUT2D eigenvalue weighted by Crippen LogP contribution is -2.10. The molecule has 0 aromatic carbocycles. The van der Waals surface area contributed by atoms with Crippen LogP contribution in [-0.4, -0.2) is 16.6 Å². The van der Waals surface area contributed by atoms with Gasteiger partial charge in [-0.15, -0.1) is 11.8 Å². The second-order valence-electron chi connectivity index (χ2n) is 11.4. The molecule has 3 aliphatic rings. The third-order valence-corrected chi connectivity index (χ3v) is 9.49. The van der Waals surface area contributed by atoms with Gasteiger partial charge in [0.05, 0.1) is 10.8 Å². The molecule has 2 nitrogen and oxygen atoms in total. The average Bonchev–Trinajstić information content (AvgIpc) is 3.32. The van der Waals surface area contributed by atoms with Crippen LogP contribution in [0.4, 0.5) is 0 Å². The van der Waals surface area contributed by atoms with Crippen LogP contribution in [0.15, 0.2) is 34.4 Å². The number of rotatable bonds is 4. The zero-order valence-corrected chi connectivity index (χ0v) is 23.6. The van der Waals surface area contributed by atoms with Crippen LogP contribution in [0.3, 0.4) is 0 Å². The van der Waals surface area contributed by atoms with Gasteiger partial charge in [-0.3, -0.25) is 0 Å². The smallest absolute Gasteiger partial charge is 0.139 e. The van der Waals surface area contributed by atoms with Crippen molar-refractivity contribution < 1.29 is 0 Å². The summed E-state index contributed by atoms with van der Waals surface area (Å²) in [5.41, 5.74) is 1.26. The van der Waals surface area contributed by atoms with Gasteiger partial charge in [0.1, 0.15) is 5.84 Å². The van der Waals surface area contributed by atoms with Crippen LogP contribution in [0.2, 0.25) is 0 Å². The molecule has 2 aliphatic carbocycles. The van der Waals surface area contributed by atoms with Crippen LogP contribution < -0.4 is 0 Å². The lowest BCUT2D eigenvalue weighted by molar-refractivity contribution is 0.433. The maximum absolute atomic E-state index is 5.22. The number of allylic oxidation sites excluding steroid dienone is 3. The quantitative estimate of drug-likeness (QED) is 0.354. The minimum Gasteiger partial charge on any atom is -0.237 e. The molecule has 0 N–H and O–H groups in total. The molecule has 1 aliphatic heterocycles. The van der Waals surface area contributed by atoms with Crippen LogP contribution in [-0.2, 0) is 0 Å². The van der Waals surface area contributed by atoms with Gasteiger partial charge in [0, 0.05) is 17.5 Å². The maximum Gasteiger partial charge on any atom is 0.139 e. The molecule has 2 fully saturated rings. The number of amidine groups is 1. The fourth-order valence-corrected chi connectivity index (χ4v) is 7.22. The van der Waals surface area contributed by atoms with Crippen molar-refractivity contribution in [2.75, 3.05) is 5.75 Å². The van der Waals surface area contributed by atoms with E-state index in [-0.39, 0.29) is 0 Å². The van der Waals surface area contributed by atoms with Crippen molar-refractivity contribution in [3.63, 3.8) is 0 Å². The second kappa shape index (κ2) is 18.4. The zero-order valence-electron chi connectivity index (χ0n) is 22.8. The summed E-state index contributed by atoms with van der Waals surface area (Å²) in [7, 11) is 0. The third-order valence-electron chi connectivity index (χ3n) is 8.36. The first-order valence-electron chi connectivity index (χ1n) is 15.5. The summed E-state index contributed by atoms with van der Waals surface area (Å²) in [6.07, 6.45) is 36.1. The van der Waals surface area contributed by atoms with E-state index < -0.39 is 0 Å². The van der Waals surface area contributed by atoms with E-state index >= 15 is 0 Å². The highest BCUT2D eigenvalue weighted by atomic mass is 32.2. The molecular formula is C32H54N2S. The van der Waals surface area contributed by atoms with Crippen molar-refractivity contribution in [1.29, 1.82) is 0 Å². The Balaban J connectivity index is 1.64. The van der Waals surface area contributed by atoms with E-state index in [4.69, 9.17) is 9.98 Å². The van der Waals surface area contributed by atoms with Crippen LogP contribution in [0.1, 0.15) is 148 Å². The number of nitrogens with zero attached hydrogens (tertiary/aromatic N) is 2. The van der Waals surface area contributed by atoms with E-state index in [1.165, 1.54) is 158 Å². The van der Waals surface area contributed by atoms with Crippen molar-refractivity contribution in [3.8, 4) is 0 Å². The van der Waals surface area contributed by atoms with Crippen molar-refractivity contribution in [3.05, 3.63) is 24.4 Å². The van der Waals surface area contributed by atoms with E-state index in [0.717, 1.165) is 11.6 Å². The molecule has 0 amide bonds. The van der Waals surface area contributed by atoms with Gasteiger partial charge in [-0.1, -0.05) is 135 Å². The Kier molecular flexibility index (Phi) is 15.1. The Morgan fingerprint density at radius 1 is 0.657 bits per heavy atom. The highest BCUT2D eigenvalue weighted by molar-refractivity contribution is 8.15. The molecular weight excluding hydrogens is 444 g/mol. The van der Waals surface area contributed by atoms with Crippen molar-refractivity contribution in [1.82, 2.24) is 0 Å². The zero-order chi connectivity index (χ0) is 24.4. The number of hydrogen-bond acceptors (Lipinski definition) is 2. The fourth-order valence-electron chi connectivity index (χ4n) is 6.18. The van der Waals surface area contributed by atoms with E-state index in [2.05, 4.69) is 12.7 Å². The summed E-state index contributed by atoms with van der Waals surface area (Å²) < 4.78 is 0. The highest BCUT2D eigenvalue weighted by Gasteiger charge is 2.23. The minimum atomic E-state index is 0.578. The first-order chi connectivity index (χ1) is 17.4. The average molecular weight is 499 g/mol. The van der Waals surface area contributed by atoms with Crippen molar-refractivity contribution in [2.24, 2.45) is 21.8 Å². The summed E-state index contributed by atoms with van der Waals surface area (Å²) in [5.74, 6) is 3.29. The predicted molar refractivity (Wildman–Crippen MR) is 159 cm³/mol. The molecule has 0 bridgehead atoms. The Labute approximate surface area is 222 Å². The monoisotopic (exact) mass is 498 g/mol. The third kappa shape index (κ3) is 11.8. The molecule has 1 heterocycles. The summed E-state index contributed by atoms with van der Waals surface area (Å²) in [5, 5.41) is 1.40. The largest absolute Gasteiger partial charge is 0.237 e. The molecule has 0 aromatic rings. The summed E-state index contributed by atoms with van der Waals surface area (Å²) in [6.45, 7) is 4.03. The van der Waals surface area contributed by atoms with Gasteiger partial charge >= 0.3 is 0 Å². The highest BCUT2D eigenvalue weighted by Crippen LogP contribution is 2.32. The molecule has 0 radical (unpaired) electrons. The van der Waals surface area contributed by atoms with Gasteiger partial charge in [-0.2, -0.15) is 0 Å². The SMILES string of the molecule is C=C/C=C(\N=C1/CSC(C2CCCCCCCCCCCC2)=N1)C1CCCCCCCCCCC1. The van der Waals surface area contributed by atoms with Gasteiger partial charge in [-0.05, 0) is 31.8 Å².